The number of pyridine rings is 2. The lowest BCUT2D eigenvalue weighted by atomic mass is 10.1. The molecule has 5 heteroatoms. The SMILES string of the molecule is CNC(c1ccc(C)nc1)c1ncc(Cl)cc1Cl. The fourth-order valence-electron chi connectivity index (χ4n) is 1.75. The predicted molar refractivity (Wildman–Crippen MR) is 74.1 cm³/mol. The molecule has 1 atom stereocenters. The Morgan fingerprint density at radius 1 is 1.17 bits per heavy atom. The van der Waals surface area contributed by atoms with E-state index >= 15 is 0 Å². The molecule has 0 spiro atoms. The van der Waals surface area contributed by atoms with E-state index < -0.39 is 0 Å². The van der Waals surface area contributed by atoms with Crippen LogP contribution in [0.25, 0.3) is 0 Å². The molecule has 0 aromatic carbocycles. The molecule has 3 nitrogen and oxygen atoms in total. The third-order valence-electron chi connectivity index (χ3n) is 2.67. The number of hydrogen-bond acceptors (Lipinski definition) is 3. The predicted octanol–water partition coefficient (Wildman–Crippen LogP) is 3.40. The maximum absolute atomic E-state index is 6.18. The molecule has 0 saturated heterocycles. The average molecular weight is 282 g/mol. The van der Waals surface area contributed by atoms with Crippen molar-refractivity contribution in [1.82, 2.24) is 15.3 Å². The fourth-order valence-corrected chi connectivity index (χ4v) is 2.24. The molecule has 0 bridgehead atoms. The summed E-state index contributed by atoms with van der Waals surface area (Å²) in [7, 11) is 1.86. The molecule has 0 aliphatic carbocycles. The van der Waals surface area contributed by atoms with Gasteiger partial charge in [-0.3, -0.25) is 9.97 Å². The summed E-state index contributed by atoms with van der Waals surface area (Å²) in [5.74, 6) is 0. The van der Waals surface area contributed by atoms with Crippen LogP contribution >= 0.6 is 23.2 Å². The quantitative estimate of drug-likeness (QED) is 0.937. The number of nitrogens with one attached hydrogen (secondary N) is 1. The van der Waals surface area contributed by atoms with E-state index in [1.54, 1.807) is 12.3 Å². The first-order chi connectivity index (χ1) is 8.61. The summed E-state index contributed by atoms with van der Waals surface area (Å²) >= 11 is 12.0. The van der Waals surface area contributed by atoms with Crippen LogP contribution < -0.4 is 5.32 Å². The van der Waals surface area contributed by atoms with Gasteiger partial charge in [0.05, 0.1) is 21.8 Å². The van der Waals surface area contributed by atoms with Crippen molar-refractivity contribution in [2.75, 3.05) is 7.05 Å². The molecule has 0 fully saturated rings. The molecular formula is C13H13Cl2N3. The van der Waals surface area contributed by atoms with Crippen molar-refractivity contribution < 1.29 is 0 Å². The zero-order valence-electron chi connectivity index (χ0n) is 10.1. The summed E-state index contributed by atoms with van der Waals surface area (Å²) in [6, 6.07) is 5.57. The fraction of sp³-hybridized carbons (Fsp3) is 0.231. The maximum atomic E-state index is 6.18. The van der Waals surface area contributed by atoms with Gasteiger partial charge < -0.3 is 5.32 Å². The molecule has 0 amide bonds. The Morgan fingerprint density at radius 3 is 2.50 bits per heavy atom. The summed E-state index contributed by atoms with van der Waals surface area (Å²) in [4.78, 5) is 8.58. The molecule has 2 aromatic rings. The Hall–Kier alpha value is -1.16. The lowest BCUT2D eigenvalue weighted by Gasteiger charge is -2.17. The first-order valence-corrected chi connectivity index (χ1v) is 6.28. The smallest absolute Gasteiger partial charge is 0.0806 e. The lowest BCUT2D eigenvalue weighted by Crippen LogP contribution is -2.19. The molecule has 2 heterocycles. The summed E-state index contributed by atoms with van der Waals surface area (Å²) in [6.45, 7) is 1.95. The second kappa shape index (κ2) is 5.65. The van der Waals surface area contributed by atoms with Crippen LogP contribution in [0.4, 0.5) is 0 Å². The monoisotopic (exact) mass is 281 g/mol. The number of halogens is 2. The zero-order valence-corrected chi connectivity index (χ0v) is 11.6. The zero-order chi connectivity index (χ0) is 13.1. The lowest BCUT2D eigenvalue weighted by molar-refractivity contribution is 0.668. The standard InChI is InChI=1S/C13H13Cl2N3/c1-8-3-4-9(6-17-8)12(16-2)13-11(15)5-10(14)7-18-13/h3-7,12,16H,1-2H3. The second-order valence-corrected chi connectivity index (χ2v) is 4.82. The number of hydrogen-bond donors (Lipinski definition) is 1. The van der Waals surface area contributed by atoms with Gasteiger partial charge in [0, 0.05) is 18.1 Å². The van der Waals surface area contributed by atoms with Crippen molar-refractivity contribution in [3.63, 3.8) is 0 Å². The van der Waals surface area contributed by atoms with Gasteiger partial charge in [0.1, 0.15) is 0 Å². The largest absolute Gasteiger partial charge is 0.308 e. The highest BCUT2D eigenvalue weighted by Crippen LogP contribution is 2.27. The minimum absolute atomic E-state index is 0.0946. The first-order valence-electron chi connectivity index (χ1n) is 5.52. The number of rotatable bonds is 3. The third-order valence-corrected chi connectivity index (χ3v) is 3.18. The van der Waals surface area contributed by atoms with E-state index in [2.05, 4.69) is 15.3 Å². The van der Waals surface area contributed by atoms with Crippen molar-refractivity contribution >= 4 is 23.2 Å². The van der Waals surface area contributed by atoms with E-state index in [1.165, 1.54) is 0 Å². The van der Waals surface area contributed by atoms with Crippen LogP contribution in [0.5, 0.6) is 0 Å². The Bertz CT molecular complexity index is 540. The van der Waals surface area contributed by atoms with Gasteiger partial charge >= 0.3 is 0 Å². The highest BCUT2D eigenvalue weighted by molar-refractivity contribution is 6.34. The normalized spacial score (nSPS) is 12.4. The second-order valence-electron chi connectivity index (χ2n) is 3.98. The van der Waals surface area contributed by atoms with Crippen LogP contribution in [-0.2, 0) is 0 Å². The minimum atomic E-state index is -0.0946. The molecule has 1 N–H and O–H groups in total. The molecule has 94 valence electrons. The molecule has 0 radical (unpaired) electrons. The molecule has 0 aliphatic heterocycles. The summed E-state index contributed by atoms with van der Waals surface area (Å²) in [6.07, 6.45) is 3.41. The van der Waals surface area contributed by atoms with Gasteiger partial charge in [-0.2, -0.15) is 0 Å². The van der Waals surface area contributed by atoms with Crippen molar-refractivity contribution in [2.24, 2.45) is 0 Å². The number of aromatic nitrogens is 2. The van der Waals surface area contributed by atoms with E-state index in [4.69, 9.17) is 23.2 Å². The van der Waals surface area contributed by atoms with Gasteiger partial charge in [-0.25, -0.2) is 0 Å². The van der Waals surface area contributed by atoms with Gasteiger partial charge in [-0.15, -0.1) is 0 Å². The van der Waals surface area contributed by atoms with Crippen molar-refractivity contribution in [1.29, 1.82) is 0 Å². The van der Waals surface area contributed by atoms with Crippen molar-refractivity contribution in [2.45, 2.75) is 13.0 Å². The molecule has 1 unspecified atom stereocenters. The van der Waals surface area contributed by atoms with Gasteiger partial charge in [-0.05, 0) is 31.7 Å². The number of nitrogens with zero attached hydrogens (tertiary/aromatic N) is 2. The molecule has 18 heavy (non-hydrogen) atoms. The first kappa shape index (κ1) is 13.3. The van der Waals surface area contributed by atoms with Crippen molar-refractivity contribution in [3.8, 4) is 0 Å². The Labute approximate surface area is 116 Å². The van der Waals surface area contributed by atoms with Crippen LogP contribution in [0.1, 0.15) is 23.0 Å². The molecule has 0 aliphatic rings. The molecule has 2 aromatic heterocycles. The van der Waals surface area contributed by atoms with Gasteiger partial charge in [0.15, 0.2) is 0 Å². The maximum Gasteiger partial charge on any atom is 0.0806 e. The summed E-state index contributed by atoms with van der Waals surface area (Å²) in [5, 5.41) is 4.26. The van der Waals surface area contributed by atoms with Gasteiger partial charge in [-0.1, -0.05) is 29.3 Å². The van der Waals surface area contributed by atoms with Crippen LogP contribution in [-0.4, -0.2) is 17.0 Å². The molecule has 2 rings (SSSR count). The van der Waals surface area contributed by atoms with E-state index in [0.717, 1.165) is 17.0 Å². The highest BCUT2D eigenvalue weighted by Gasteiger charge is 2.17. The minimum Gasteiger partial charge on any atom is -0.308 e. The molecular weight excluding hydrogens is 269 g/mol. The average Bonchev–Trinajstić information content (AvgIpc) is 2.35. The van der Waals surface area contributed by atoms with E-state index in [1.807, 2.05) is 32.3 Å². The number of aryl methyl sites for hydroxylation is 1. The third kappa shape index (κ3) is 2.80. The van der Waals surface area contributed by atoms with Gasteiger partial charge in [0.25, 0.3) is 0 Å². The Balaban J connectivity index is 2.41. The van der Waals surface area contributed by atoms with Crippen LogP contribution in [0.2, 0.25) is 10.0 Å². The van der Waals surface area contributed by atoms with E-state index in [0.29, 0.717) is 10.0 Å². The van der Waals surface area contributed by atoms with Crippen LogP contribution in [0.3, 0.4) is 0 Å². The van der Waals surface area contributed by atoms with Crippen LogP contribution in [0, 0.1) is 6.92 Å². The van der Waals surface area contributed by atoms with Crippen LogP contribution in [0.15, 0.2) is 30.6 Å². The van der Waals surface area contributed by atoms with Crippen molar-refractivity contribution in [3.05, 3.63) is 57.6 Å². The molecule has 0 saturated carbocycles. The topological polar surface area (TPSA) is 37.8 Å². The van der Waals surface area contributed by atoms with Gasteiger partial charge in [0.2, 0.25) is 0 Å². The summed E-state index contributed by atoms with van der Waals surface area (Å²) < 4.78 is 0. The highest BCUT2D eigenvalue weighted by atomic mass is 35.5. The van der Waals surface area contributed by atoms with E-state index in [-0.39, 0.29) is 6.04 Å². The Kier molecular flexibility index (Phi) is 4.17. The Morgan fingerprint density at radius 2 is 1.94 bits per heavy atom. The summed E-state index contributed by atoms with van der Waals surface area (Å²) in [5.41, 5.74) is 2.73. The van der Waals surface area contributed by atoms with E-state index in [9.17, 15) is 0 Å².